The van der Waals surface area contributed by atoms with Gasteiger partial charge in [-0.1, -0.05) is 30.3 Å². The lowest BCUT2D eigenvalue weighted by Gasteiger charge is -2.31. The van der Waals surface area contributed by atoms with Crippen molar-refractivity contribution in [2.75, 3.05) is 19.7 Å². The summed E-state index contributed by atoms with van der Waals surface area (Å²) in [6.07, 6.45) is 2.29. The van der Waals surface area contributed by atoms with E-state index in [2.05, 4.69) is 35.2 Å². The Hall–Kier alpha value is -2.59. The summed E-state index contributed by atoms with van der Waals surface area (Å²) < 4.78 is 11.5. The van der Waals surface area contributed by atoms with Gasteiger partial charge in [-0.25, -0.2) is 4.79 Å². The average molecular weight is 377 g/mol. The quantitative estimate of drug-likeness (QED) is 0.605. The molecule has 0 unspecified atom stereocenters. The van der Waals surface area contributed by atoms with Gasteiger partial charge in [0.05, 0.1) is 6.61 Å². The van der Waals surface area contributed by atoms with Gasteiger partial charge in [-0.15, -0.1) is 0 Å². The number of aryl methyl sites for hydroxylation is 1. The van der Waals surface area contributed by atoms with E-state index >= 15 is 0 Å². The molecule has 2 heterocycles. The fourth-order valence-corrected chi connectivity index (χ4v) is 3.89. The number of fused-ring (bicyclic) bond motifs is 1. The molecule has 1 aromatic heterocycles. The molecule has 146 valence electrons. The van der Waals surface area contributed by atoms with Crippen LogP contribution in [-0.4, -0.2) is 24.6 Å². The monoisotopic (exact) mass is 377 g/mol. The van der Waals surface area contributed by atoms with Crippen molar-refractivity contribution in [3.8, 4) is 5.75 Å². The van der Waals surface area contributed by atoms with Gasteiger partial charge < -0.3 is 9.15 Å². The van der Waals surface area contributed by atoms with E-state index in [1.807, 2.05) is 25.1 Å². The van der Waals surface area contributed by atoms with Crippen LogP contribution in [0.1, 0.15) is 29.5 Å². The molecule has 0 saturated carbocycles. The number of ether oxygens (including phenoxy) is 1. The number of hydrogen-bond acceptors (Lipinski definition) is 4. The van der Waals surface area contributed by atoms with Crippen molar-refractivity contribution in [3.05, 3.63) is 75.6 Å². The lowest BCUT2D eigenvalue weighted by molar-refractivity contribution is 0.137. The molecule has 1 aliphatic rings. The second-order valence-electron chi connectivity index (χ2n) is 7.81. The minimum Gasteiger partial charge on any atom is -0.493 e. The third-order valence-electron chi connectivity index (χ3n) is 5.87. The number of piperidine rings is 1. The van der Waals surface area contributed by atoms with Gasteiger partial charge in [0.15, 0.2) is 0 Å². The van der Waals surface area contributed by atoms with Crippen LogP contribution >= 0.6 is 0 Å². The molecule has 0 aliphatic carbocycles. The molecule has 0 radical (unpaired) electrons. The Morgan fingerprint density at radius 3 is 2.54 bits per heavy atom. The van der Waals surface area contributed by atoms with Crippen molar-refractivity contribution in [1.29, 1.82) is 0 Å². The summed E-state index contributed by atoms with van der Waals surface area (Å²) in [6.45, 7) is 7.70. The van der Waals surface area contributed by atoms with Crippen LogP contribution in [0.2, 0.25) is 0 Å². The van der Waals surface area contributed by atoms with E-state index in [4.69, 9.17) is 9.15 Å². The molecule has 0 atom stereocenters. The lowest BCUT2D eigenvalue weighted by atomic mass is 9.97. The summed E-state index contributed by atoms with van der Waals surface area (Å²) in [5.74, 6) is 1.33. The zero-order valence-electron chi connectivity index (χ0n) is 16.6. The smallest absolute Gasteiger partial charge is 0.339 e. The Kier molecular flexibility index (Phi) is 5.49. The molecule has 2 aromatic carbocycles. The van der Waals surface area contributed by atoms with E-state index in [9.17, 15) is 4.79 Å². The summed E-state index contributed by atoms with van der Waals surface area (Å²) in [6, 6.07) is 16.4. The highest BCUT2D eigenvalue weighted by Gasteiger charge is 2.20. The molecule has 0 amide bonds. The SMILES string of the molecule is Cc1c(C)c2ccc(OCC3CCN(Cc4ccccc4)CC3)cc2oc1=O. The molecule has 0 spiro atoms. The van der Waals surface area contributed by atoms with Crippen molar-refractivity contribution >= 4 is 11.0 Å². The predicted octanol–water partition coefficient (Wildman–Crippen LogP) is 4.70. The molecule has 1 fully saturated rings. The first-order valence-corrected chi connectivity index (χ1v) is 10.0. The number of likely N-dealkylation sites (tertiary alicyclic amines) is 1. The van der Waals surface area contributed by atoms with Crippen molar-refractivity contribution in [1.82, 2.24) is 4.90 Å². The second-order valence-corrected chi connectivity index (χ2v) is 7.81. The third kappa shape index (κ3) is 4.12. The first-order chi connectivity index (χ1) is 13.6. The van der Waals surface area contributed by atoms with Gasteiger partial charge in [0.1, 0.15) is 11.3 Å². The molecule has 3 aromatic rings. The van der Waals surface area contributed by atoms with Gasteiger partial charge in [0, 0.05) is 23.6 Å². The number of nitrogens with zero attached hydrogens (tertiary/aromatic N) is 1. The molecule has 28 heavy (non-hydrogen) atoms. The van der Waals surface area contributed by atoms with E-state index in [0.29, 0.717) is 23.7 Å². The number of hydrogen-bond donors (Lipinski definition) is 0. The molecular formula is C24H27NO3. The molecule has 0 bridgehead atoms. The van der Waals surface area contributed by atoms with Crippen LogP contribution in [0, 0.1) is 19.8 Å². The highest BCUT2D eigenvalue weighted by Crippen LogP contribution is 2.25. The summed E-state index contributed by atoms with van der Waals surface area (Å²) in [4.78, 5) is 14.4. The molecule has 1 saturated heterocycles. The predicted molar refractivity (Wildman–Crippen MR) is 112 cm³/mol. The van der Waals surface area contributed by atoms with E-state index in [1.165, 1.54) is 5.56 Å². The maximum absolute atomic E-state index is 11.9. The third-order valence-corrected chi connectivity index (χ3v) is 5.87. The van der Waals surface area contributed by atoms with Gasteiger partial charge in [0.25, 0.3) is 0 Å². The van der Waals surface area contributed by atoms with E-state index in [-0.39, 0.29) is 5.63 Å². The average Bonchev–Trinajstić information content (AvgIpc) is 2.72. The van der Waals surface area contributed by atoms with Crippen LogP contribution in [0.4, 0.5) is 0 Å². The summed E-state index contributed by atoms with van der Waals surface area (Å²) in [5.41, 5.74) is 3.35. The Morgan fingerprint density at radius 2 is 1.79 bits per heavy atom. The summed E-state index contributed by atoms with van der Waals surface area (Å²) in [5, 5.41) is 0.971. The minimum absolute atomic E-state index is 0.270. The van der Waals surface area contributed by atoms with Gasteiger partial charge in [-0.05, 0) is 69.0 Å². The van der Waals surface area contributed by atoms with Crippen LogP contribution in [-0.2, 0) is 6.54 Å². The molecule has 4 heteroatoms. The van der Waals surface area contributed by atoms with Gasteiger partial charge in [0.2, 0.25) is 0 Å². The molecule has 4 nitrogen and oxygen atoms in total. The standard InChI is InChI=1S/C24H27NO3/c1-17-18(2)24(26)28-23-14-21(8-9-22(17)23)27-16-20-10-12-25(13-11-20)15-19-6-4-3-5-7-19/h3-9,14,20H,10-13,15-16H2,1-2H3. The Morgan fingerprint density at radius 1 is 1.04 bits per heavy atom. The van der Waals surface area contributed by atoms with E-state index in [0.717, 1.165) is 49.2 Å². The van der Waals surface area contributed by atoms with Crippen molar-refractivity contribution < 1.29 is 9.15 Å². The van der Waals surface area contributed by atoms with Crippen molar-refractivity contribution in [2.24, 2.45) is 5.92 Å². The fraction of sp³-hybridized carbons (Fsp3) is 0.375. The first kappa shape index (κ1) is 18.8. The maximum atomic E-state index is 11.9. The Bertz CT molecular complexity index is 1000. The molecular weight excluding hydrogens is 350 g/mol. The Balaban J connectivity index is 1.33. The molecule has 4 rings (SSSR count). The molecule has 0 N–H and O–H groups in total. The van der Waals surface area contributed by atoms with Crippen LogP contribution in [0.15, 0.2) is 57.7 Å². The summed E-state index contributed by atoms with van der Waals surface area (Å²) >= 11 is 0. The first-order valence-electron chi connectivity index (χ1n) is 10.0. The number of rotatable bonds is 5. The highest BCUT2D eigenvalue weighted by molar-refractivity contribution is 5.82. The van der Waals surface area contributed by atoms with Crippen molar-refractivity contribution in [3.63, 3.8) is 0 Å². The highest BCUT2D eigenvalue weighted by atomic mass is 16.5. The topological polar surface area (TPSA) is 42.7 Å². The zero-order valence-corrected chi connectivity index (χ0v) is 16.6. The van der Waals surface area contributed by atoms with Crippen LogP contribution in [0.25, 0.3) is 11.0 Å². The van der Waals surface area contributed by atoms with Gasteiger partial charge >= 0.3 is 5.63 Å². The Labute approximate surface area is 165 Å². The lowest BCUT2D eigenvalue weighted by Crippen LogP contribution is -2.35. The fourth-order valence-electron chi connectivity index (χ4n) is 3.89. The van der Waals surface area contributed by atoms with E-state index < -0.39 is 0 Å². The summed E-state index contributed by atoms with van der Waals surface area (Å²) in [7, 11) is 0. The van der Waals surface area contributed by atoms with E-state index in [1.54, 1.807) is 6.92 Å². The normalized spacial score (nSPS) is 15.8. The van der Waals surface area contributed by atoms with Crippen LogP contribution in [0.3, 0.4) is 0 Å². The van der Waals surface area contributed by atoms with Gasteiger partial charge in [-0.3, -0.25) is 4.90 Å². The minimum atomic E-state index is -0.270. The second kappa shape index (κ2) is 8.19. The largest absolute Gasteiger partial charge is 0.493 e. The van der Waals surface area contributed by atoms with Crippen LogP contribution in [0.5, 0.6) is 5.75 Å². The van der Waals surface area contributed by atoms with Crippen molar-refractivity contribution in [2.45, 2.75) is 33.2 Å². The van der Waals surface area contributed by atoms with Crippen LogP contribution < -0.4 is 10.4 Å². The number of benzene rings is 2. The zero-order chi connectivity index (χ0) is 19.5. The maximum Gasteiger partial charge on any atom is 0.339 e. The molecule has 1 aliphatic heterocycles. The van der Waals surface area contributed by atoms with Gasteiger partial charge in [-0.2, -0.15) is 0 Å².